The SMILES string of the molecule is C[C@H](N)C(=O)N[C@@H](CS)C(=O)N[C@@H](CCCN=C(N)N)C(=O)N[C@H](C(=O)O)[C@@H](C)O. The van der Waals surface area contributed by atoms with E-state index in [0.717, 1.165) is 0 Å². The van der Waals surface area contributed by atoms with Crippen molar-refractivity contribution in [3.05, 3.63) is 0 Å². The molecule has 0 radical (unpaired) electrons. The summed E-state index contributed by atoms with van der Waals surface area (Å²) in [7, 11) is 0. The molecule has 0 unspecified atom stereocenters. The number of guanidine groups is 1. The maximum Gasteiger partial charge on any atom is 0.328 e. The van der Waals surface area contributed by atoms with E-state index in [9.17, 15) is 24.3 Å². The van der Waals surface area contributed by atoms with E-state index < -0.39 is 54.0 Å². The van der Waals surface area contributed by atoms with Gasteiger partial charge in [0.05, 0.1) is 12.1 Å². The Labute approximate surface area is 179 Å². The smallest absolute Gasteiger partial charge is 0.328 e. The van der Waals surface area contributed by atoms with E-state index in [1.165, 1.54) is 13.8 Å². The highest BCUT2D eigenvalue weighted by molar-refractivity contribution is 7.80. The van der Waals surface area contributed by atoms with Gasteiger partial charge in [-0.15, -0.1) is 0 Å². The number of carboxylic acids is 1. The largest absolute Gasteiger partial charge is 0.480 e. The standard InChI is InChI=1S/C16H31N7O6S/c1-7(17)12(25)22-10(6-30)14(27)21-9(4-3-5-20-16(18)19)13(26)23-11(8(2)24)15(28)29/h7-11,24,30H,3-6,17H2,1-2H3,(H,21,27)(H,22,25)(H,23,26)(H,28,29)(H4,18,19,20)/t7-,8+,9-,10-,11-/m0/s1. The molecule has 0 aromatic carbocycles. The minimum absolute atomic E-state index is 0.0566. The molecule has 14 heteroatoms. The molecule has 11 N–H and O–H groups in total. The summed E-state index contributed by atoms with van der Waals surface area (Å²) in [4.78, 5) is 51.8. The van der Waals surface area contributed by atoms with E-state index in [0.29, 0.717) is 0 Å². The van der Waals surface area contributed by atoms with Crippen molar-refractivity contribution in [2.75, 3.05) is 12.3 Å². The summed E-state index contributed by atoms with van der Waals surface area (Å²) in [5.74, 6) is -3.80. The zero-order valence-electron chi connectivity index (χ0n) is 16.9. The van der Waals surface area contributed by atoms with Crippen molar-refractivity contribution in [1.82, 2.24) is 16.0 Å². The monoisotopic (exact) mass is 449 g/mol. The molecule has 0 heterocycles. The van der Waals surface area contributed by atoms with Crippen molar-refractivity contribution >= 4 is 42.3 Å². The molecular weight excluding hydrogens is 418 g/mol. The number of aliphatic hydroxyl groups is 1. The molecular formula is C16H31N7O6S. The number of aliphatic imine (C=N–C) groups is 1. The second-order valence-electron chi connectivity index (χ2n) is 6.61. The molecule has 0 bridgehead atoms. The molecule has 0 aromatic rings. The van der Waals surface area contributed by atoms with Crippen LogP contribution in [-0.2, 0) is 19.2 Å². The first kappa shape index (κ1) is 27.4. The number of carbonyl (C=O) groups is 4. The lowest BCUT2D eigenvalue weighted by Gasteiger charge is -2.25. The maximum absolute atomic E-state index is 12.6. The van der Waals surface area contributed by atoms with Crippen molar-refractivity contribution in [3.8, 4) is 0 Å². The molecule has 0 saturated carbocycles. The molecule has 0 spiro atoms. The third-order valence-electron chi connectivity index (χ3n) is 3.85. The van der Waals surface area contributed by atoms with Crippen LogP contribution >= 0.6 is 12.6 Å². The van der Waals surface area contributed by atoms with Gasteiger partial charge in [0, 0.05) is 12.3 Å². The van der Waals surface area contributed by atoms with E-state index in [2.05, 4.69) is 33.6 Å². The van der Waals surface area contributed by atoms with Gasteiger partial charge < -0.3 is 43.4 Å². The first-order chi connectivity index (χ1) is 13.9. The Hall–Kier alpha value is -2.58. The molecule has 5 atom stereocenters. The molecule has 0 aliphatic heterocycles. The van der Waals surface area contributed by atoms with Crippen LogP contribution in [0.3, 0.4) is 0 Å². The number of carboxylic acid groups (broad SMARTS) is 1. The number of aliphatic hydroxyl groups excluding tert-OH is 1. The second-order valence-corrected chi connectivity index (χ2v) is 6.97. The van der Waals surface area contributed by atoms with Crippen LogP contribution in [0.15, 0.2) is 4.99 Å². The van der Waals surface area contributed by atoms with Crippen molar-refractivity contribution in [3.63, 3.8) is 0 Å². The number of aliphatic carboxylic acids is 1. The third-order valence-corrected chi connectivity index (χ3v) is 4.22. The first-order valence-electron chi connectivity index (χ1n) is 9.14. The lowest BCUT2D eigenvalue weighted by Crippen LogP contribution is -2.58. The number of amides is 3. The molecule has 0 aliphatic carbocycles. The zero-order valence-corrected chi connectivity index (χ0v) is 17.8. The summed E-state index contributed by atoms with van der Waals surface area (Å²) in [5, 5.41) is 25.7. The lowest BCUT2D eigenvalue weighted by molar-refractivity contribution is -0.145. The number of thiol groups is 1. The minimum Gasteiger partial charge on any atom is -0.480 e. The fraction of sp³-hybridized carbons (Fsp3) is 0.688. The summed E-state index contributed by atoms with van der Waals surface area (Å²) >= 11 is 4.02. The van der Waals surface area contributed by atoms with Gasteiger partial charge in [0.1, 0.15) is 12.1 Å². The minimum atomic E-state index is -1.58. The second kappa shape index (κ2) is 13.6. The normalized spacial score (nSPS) is 15.6. The Bertz CT molecular complexity index is 640. The van der Waals surface area contributed by atoms with E-state index in [1.54, 1.807) is 0 Å². The van der Waals surface area contributed by atoms with Crippen LogP contribution in [0, 0.1) is 0 Å². The lowest BCUT2D eigenvalue weighted by atomic mass is 10.1. The number of nitrogens with zero attached hydrogens (tertiary/aromatic N) is 1. The van der Waals surface area contributed by atoms with Crippen LogP contribution in [-0.4, -0.2) is 82.4 Å². The Kier molecular flexibility index (Phi) is 12.4. The Balaban J connectivity index is 5.32. The topological polar surface area (TPSA) is 235 Å². The van der Waals surface area contributed by atoms with E-state index >= 15 is 0 Å². The van der Waals surface area contributed by atoms with Gasteiger partial charge >= 0.3 is 5.97 Å². The number of hydrogen-bond acceptors (Lipinski definition) is 8. The average Bonchev–Trinajstić information content (AvgIpc) is 2.64. The zero-order chi connectivity index (χ0) is 23.4. The van der Waals surface area contributed by atoms with Crippen LogP contribution in [0.1, 0.15) is 26.7 Å². The fourth-order valence-corrected chi connectivity index (χ4v) is 2.44. The Morgan fingerprint density at radius 3 is 1.97 bits per heavy atom. The summed E-state index contributed by atoms with van der Waals surface area (Å²) in [5.41, 5.74) is 15.9. The molecule has 3 amide bonds. The number of rotatable bonds is 13. The molecule has 172 valence electrons. The molecule has 30 heavy (non-hydrogen) atoms. The van der Waals surface area contributed by atoms with Gasteiger partial charge in [-0.25, -0.2) is 4.79 Å². The average molecular weight is 450 g/mol. The van der Waals surface area contributed by atoms with Gasteiger partial charge in [-0.1, -0.05) is 0 Å². The van der Waals surface area contributed by atoms with Crippen LogP contribution in [0.5, 0.6) is 0 Å². The maximum atomic E-state index is 12.6. The number of nitrogens with one attached hydrogen (secondary N) is 3. The highest BCUT2D eigenvalue weighted by Crippen LogP contribution is 2.03. The van der Waals surface area contributed by atoms with Crippen LogP contribution in [0.25, 0.3) is 0 Å². The Morgan fingerprint density at radius 1 is 1.00 bits per heavy atom. The quantitative estimate of drug-likeness (QED) is 0.0580. The van der Waals surface area contributed by atoms with Gasteiger partial charge in [0.25, 0.3) is 0 Å². The van der Waals surface area contributed by atoms with Crippen LogP contribution < -0.4 is 33.2 Å². The first-order valence-corrected chi connectivity index (χ1v) is 9.77. The number of carbonyl (C=O) groups excluding carboxylic acids is 3. The van der Waals surface area contributed by atoms with E-state index in [1.807, 2.05) is 0 Å². The summed E-state index contributed by atoms with van der Waals surface area (Å²) in [6.07, 6.45) is -1.04. The highest BCUT2D eigenvalue weighted by Gasteiger charge is 2.31. The van der Waals surface area contributed by atoms with Crippen molar-refractivity contribution in [1.29, 1.82) is 0 Å². The van der Waals surface area contributed by atoms with Gasteiger partial charge in [-0.3, -0.25) is 19.4 Å². The number of hydrogen-bond donors (Lipinski definition) is 9. The molecule has 0 aliphatic rings. The molecule has 0 saturated heterocycles. The molecule has 13 nitrogen and oxygen atoms in total. The van der Waals surface area contributed by atoms with Crippen molar-refractivity contribution < 1.29 is 29.4 Å². The van der Waals surface area contributed by atoms with E-state index in [-0.39, 0.29) is 31.1 Å². The predicted molar refractivity (Wildman–Crippen MR) is 113 cm³/mol. The van der Waals surface area contributed by atoms with Gasteiger partial charge in [0.15, 0.2) is 12.0 Å². The summed E-state index contributed by atoms with van der Waals surface area (Å²) < 4.78 is 0. The van der Waals surface area contributed by atoms with Crippen molar-refractivity contribution in [2.45, 2.75) is 57.0 Å². The van der Waals surface area contributed by atoms with E-state index in [4.69, 9.17) is 22.3 Å². The molecule has 0 rings (SSSR count). The Morgan fingerprint density at radius 2 is 1.53 bits per heavy atom. The molecule has 0 aromatic heterocycles. The number of nitrogens with two attached hydrogens (primary N) is 3. The highest BCUT2D eigenvalue weighted by atomic mass is 32.1. The van der Waals surface area contributed by atoms with Crippen molar-refractivity contribution in [2.24, 2.45) is 22.2 Å². The van der Waals surface area contributed by atoms with Gasteiger partial charge in [0.2, 0.25) is 17.7 Å². The predicted octanol–water partition coefficient (Wildman–Crippen LogP) is -3.76. The van der Waals surface area contributed by atoms with Gasteiger partial charge in [-0.2, -0.15) is 12.6 Å². The van der Waals surface area contributed by atoms with Crippen LogP contribution in [0.4, 0.5) is 0 Å². The third kappa shape index (κ3) is 10.3. The van der Waals surface area contributed by atoms with Gasteiger partial charge in [-0.05, 0) is 26.7 Å². The summed E-state index contributed by atoms with van der Waals surface area (Å²) in [6.45, 7) is 2.80. The summed E-state index contributed by atoms with van der Waals surface area (Å²) in [6, 6.07) is -4.69. The van der Waals surface area contributed by atoms with Crippen LogP contribution in [0.2, 0.25) is 0 Å². The molecule has 0 fully saturated rings. The fourth-order valence-electron chi connectivity index (χ4n) is 2.18.